The number of benzene rings is 2. The summed E-state index contributed by atoms with van der Waals surface area (Å²) in [6.07, 6.45) is 1.02. The van der Waals surface area contributed by atoms with Crippen molar-refractivity contribution < 1.29 is 9.26 Å². The maximum Gasteiger partial charge on any atom is 0.328 e. The predicted octanol–water partition coefficient (Wildman–Crippen LogP) is 4.47. The molecule has 0 saturated heterocycles. The molecule has 5 heteroatoms. The van der Waals surface area contributed by atoms with Crippen LogP contribution < -0.4 is 9.64 Å². The first-order valence-electron chi connectivity index (χ1n) is 8.09. The van der Waals surface area contributed by atoms with Crippen molar-refractivity contribution in [1.82, 2.24) is 10.1 Å². The highest BCUT2D eigenvalue weighted by Gasteiger charge is 2.16. The van der Waals surface area contributed by atoms with E-state index in [1.54, 1.807) is 7.11 Å². The number of methoxy groups -OCH3 is 1. The summed E-state index contributed by atoms with van der Waals surface area (Å²) < 4.78 is 10.6. The minimum absolute atomic E-state index is 0.493. The van der Waals surface area contributed by atoms with Gasteiger partial charge in [-0.2, -0.15) is 4.98 Å². The molecule has 0 unspecified atom stereocenters. The molecule has 5 nitrogen and oxygen atoms in total. The highest BCUT2D eigenvalue weighted by atomic mass is 16.5. The van der Waals surface area contributed by atoms with Crippen LogP contribution in [-0.4, -0.2) is 23.8 Å². The van der Waals surface area contributed by atoms with E-state index in [0.29, 0.717) is 11.8 Å². The molecule has 0 bridgehead atoms. The Morgan fingerprint density at radius 3 is 2.29 bits per heavy atom. The van der Waals surface area contributed by atoms with E-state index in [2.05, 4.69) is 48.3 Å². The monoisotopic (exact) mass is 323 g/mol. The molecular weight excluding hydrogens is 302 g/mol. The third-order valence-electron chi connectivity index (χ3n) is 3.97. The predicted molar refractivity (Wildman–Crippen MR) is 94.8 cm³/mol. The van der Waals surface area contributed by atoms with Gasteiger partial charge < -0.3 is 9.26 Å². The SMILES string of the molecule is CCc1ccc(N(CC)c2nc(-c3ccc(OC)cc3)no2)cc1. The Labute approximate surface area is 141 Å². The lowest BCUT2D eigenvalue weighted by Gasteiger charge is -2.17. The molecular formula is C19H21N3O2. The number of aryl methyl sites for hydroxylation is 1. The number of nitrogens with zero attached hydrogens (tertiary/aromatic N) is 3. The minimum Gasteiger partial charge on any atom is -0.497 e. The van der Waals surface area contributed by atoms with Crippen molar-refractivity contribution in [3.8, 4) is 17.1 Å². The van der Waals surface area contributed by atoms with Crippen molar-refractivity contribution in [2.45, 2.75) is 20.3 Å². The third-order valence-corrected chi connectivity index (χ3v) is 3.97. The van der Waals surface area contributed by atoms with Crippen LogP contribution in [-0.2, 0) is 6.42 Å². The van der Waals surface area contributed by atoms with Crippen molar-refractivity contribution in [2.24, 2.45) is 0 Å². The van der Waals surface area contributed by atoms with Gasteiger partial charge in [0.2, 0.25) is 5.82 Å². The minimum atomic E-state index is 0.493. The summed E-state index contributed by atoms with van der Waals surface area (Å²) in [4.78, 5) is 6.53. The summed E-state index contributed by atoms with van der Waals surface area (Å²) in [5.41, 5.74) is 3.24. The number of aromatic nitrogens is 2. The Bertz CT molecular complexity index is 779. The number of hydrogen-bond acceptors (Lipinski definition) is 5. The fourth-order valence-corrected chi connectivity index (χ4v) is 2.52. The largest absolute Gasteiger partial charge is 0.497 e. The van der Waals surface area contributed by atoms with Crippen molar-refractivity contribution >= 4 is 11.7 Å². The molecule has 0 aliphatic rings. The van der Waals surface area contributed by atoms with Gasteiger partial charge in [0, 0.05) is 17.8 Å². The van der Waals surface area contributed by atoms with Crippen molar-refractivity contribution in [2.75, 3.05) is 18.6 Å². The molecule has 0 saturated carbocycles. The quantitative estimate of drug-likeness (QED) is 0.670. The molecule has 2 aromatic carbocycles. The number of anilines is 2. The van der Waals surface area contributed by atoms with Crippen LogP contribution in [0.25, 0.3) is 11.4 Å². The van der Waals surface area contributed by atoms with E-state index in [1.165, 1.54) is 5.56 Å². The fourth-order valence-electron chi connectivity index (χ4n) is 2.52. The summed E-state index contributed by atoms with van der Waals surface area (Å²) in [6.45, 7) is 4.95. The zero-order valence-corrected chi connectivity index (χ0v) is 14.2. The second-order valence-electron chi connectivity index (χ2n) is 5.39. The first kappa shape index (κ1) is 16.1. The maximum absolute atomic E-state index is 5.47. The van der Waals surface area contributed by atoms with Gasteiger partial charge in [-0.25, -0.2) is 0 Å². The average Bonchev–Trinajstić information content (AvgIpc) is 3.13. The Hall–Kier alpha value is -2.82. The van der Waals surface area contributed by atoms with Gasteiger partial charge >= 0.3 is 6.01 Å². The van der Waals surface area contributed by atoms with Crippen LogP contribution in [0.3, 0.4) is 0 Å². The lowest BCUT2D eigenvalue weighted by atomic mass is 10.1. The first-order valence-corrected chi connectivity index (χ1v) is 8.09. The maximum atomic E-state index is 5.47. The topological polar surface area (TPSA) is 51.4 Å². The van der Waals surface area contributed by atoms with Crippen LogP contribution in [0.5, 0.6) is 5.75 Å². The molecule has 0 N–H and O–H groups in total. The second kappa shape index (κ2) is 7.17. The molecule has 1 aromatic heterocycles. The molecule has 0 atom stereocenters. The third kappa shape index (κ3) is 3.25. The lowest BCUT2D eigenvalue weighted by Crippen LogP contribution is -2.16. The molecule has 0 spiro atoms. The summed E-state index contributed by atoms with van der Waals surface area (Å²) >= 11 is 0. The van der Waals surface area contributed by atoms with Gasteiger partial charge in [-0.3, -0.25) is 4.90 Å². The average molecular weight is 323 g/mol. The van der Waals surface area contributed by atoms with Crippen LogP contribution in [0, 0.1) is 0 Å². The van der Waals surface area contributed by atoms with Crippen LogP contribution in [0.15, 0.2) is 53.1 Å². The first-order chi connectivity index (χ1) is 11.7. The summed E-state index contributed by atoms with van der Waals surface area (Å²) in [5.74, 6) is 1.37. The molecule has 124 valence electrons. The van der Waals surface area contributed by atoms with Gasteiger partial charge in [-0.1, -0.05) is 24.2 Å². The molecule has 0 aliphatic carbocycles. The van der Waals surface area contributed by atoms with E-state index < -0.39 is 0 Å². The Morgan fingerprint density at radius 2 is 1.71 bits per heavy atom. The number of hydrogen-bond donors (Lipinski definition) is 0. The molecule has 0 fully saturated rings. The van der Waals surface area contributed by atoms with E-state index in [-0.39, 0.29) is 0 Å². The van der Waals surface area contributed by atoms with Crippen molar-refractivity contribution in [3.63, 3.8) is 0 Å². The summed E-state index contributed by atoms with van der Waals surface area (Å²) in [7, 11) is 1.64. The van der Waals surface area contributed by atoms with Gasteiger partial charge in [0.05, 0.1) is 7.11 Å². The highest BCUT2D eigenvalue weighted by Crippen LogP contribution is 2.27. The van der Waals surface area contributed by atoms with Crippen LogP contribution in [0.4, 0.5) is 11.7 Å². The van der Waals surface area contributed by atoms with Crippen LogP contribution >= 0.6 is 0 Å². The van der Waals surface area contributed by atoms with Gasteiger partial charge in [-0.05, 0) is 55.3 Å². The lowest BCUT2D eigenvalue weighted by molar-refractivity contribution is 0.414. The molecule has 0 radical (unpaired) electrons. The van der Waals surface area contributed by atoms with E-state index >= 15 is 0 Å². The van der Waals surface area contributed by atoms with Gasteiger partial charge in [0.15, 0.2) is 0 Å². The molecule has 24 heavy (non-hydrogen) atoms. The molecule has 0 amide bonds. The van der Waals surface area contributed by atoms with E-state index in [9.17, 15) is 0 Å². The van der Waals surface area contributed by atoms with Gasteiger partial charge in [0.25, 0.3) is 0 Å². The number of ether oxygens (including phenoxy) is 1. The number of rotatable bonds is 6. The Kier molecular flexibility index (Phi) is 4.79. The molecule has 3 rings (SSSR count). The van der Waals surface area contributed by atoms with E-state index in [4.69, 9.17) is 9.26 Å². The summed E-state index contributed by atoms with van der Waals surface area (Å²) in [5, 5.41) is 4.10. The molecule has 3 aromatic rings. The van der Waals surface area contributed by atoms with Crippen LogP contribution in [0.1, 0.15) is 19.4 Å². The van der Waals surface area contributed by atoms with Gasteiger partial charge in [-0.15, -0.1) is 0 Å². The van der Waals surface area contributed by atoms with E-state index in [0.717, 1.165) is 30.0 Å². The Morgan fingerprint density at radius 1 is 1.00 bits per heavy atom. The van der Waals surface area contributed by atoms with Crippen molar-refractivity contribution in [3.05, 3.63) is 54.1 Å². The zero-order valence-electron chi connectivity index (χ0n) is 14.2. The van der Waals surface area contributed by atoms with Gasteiger partial charge in [0.1, 0.15) is 5.75 Å². The zero-order chi connectivity index (χ0) is 16.9. The fraction of sp³-hybridized carbons (Fsp3) is 0.263. The highest BCUT2D eigenvalue weighted by molar-refractivity contribution is 5.61. The Balaban J connectivity index is 1.86. The normalized spacial score (nSPS) is 10.6. The van der Waals surface area contributed by atoms with Crippen molar-refractivity contribution in [1.29, 1.82) is 0 Å². The smallest absolute Gasteiger partial charge is 0.328 e. The second-order valence-corrected chi connectivity index (χ2v) is 5.39. The van der Waals surface area contributed by atoms with E-state index in [1.807, 2.05) is 29.2 Å². The molecule has 1 heterocycles. The molecule has 0 aliphatic heterocycles. The summed E-state index contributed by atoms with van der Waals surface area (Å²) in [6, 6.07) is 16.5. The van der Waals surface area contributed by atoms with Crippen LogP contribution in [0.2, 0.25) is 0 Å². The standard InChI is InChI=1S/C19H21N3O2/c1-4-14-6-10-16(11-7-14)22(5-2)19-20-18(21-24-19)15-8-12-17(23-3)13-9-15/h6-13H,4-5H2,1-3H3.